The second-order valence-corrected chi connectivity index (χ2v) is 15.7. The Morgan fingerprint density at radius 1 is 0.948 bits per heavy atom. The average Bonchev–Trinajstić information content (AvgIpc) is 3.83. The number of aliphatic carboxylic acids is 1. The number of hydrogen-bond donors (Lipinski definition) is 3. The Morgan fingerprint density at radius 2 is 1.55 bits per heavy atom. The summed E-state index contributed by atoms with van der Waals surface area (Å²) in [5.74, 6) is -3.39. The molecular formula is C43H35FN6O6S2. The maximum absolute atomic E-state index is 14.3. The predicted octanol–water partition coefficient (Wildman–Crippen LogP) is 5.67. The maximum Gasteiger partial charge on any atom is 0.352 e. The number of aromatic nitrogens is 1. The van der Waals surface area contributed by atoms with E-state index in [2.05, 4.69) is 15.5 Å². The highest BCUT2D eigenvalue weighted by molar-refractivity contribution is 8.00. The molecule has 0 radical (unpaired) electrons. The first-order valence-electron chi connectivity index (χ1n) is 18.2. The molecule has 4 N–H and O–H groups in total. The van der Waals surface area contributed by atoms with Crippen LogP contribution in [-0.4, -0.2) is 73.0 Å². The summed E-state index contributed by atoms with van der Waals surface area (Å²) < 4.78 is 14.3. The van der Waals surface area contributed by atoms with E-state index in [0.29, 0.717) is 24.1 Å². The lowest BCUT2D eigenvalue weighted by molar-refractivity contribution is -0.150. The lowest BCUT2D eigenvalue weighted by atomic mass is 9.80. The number of thioether (sulfide) groups is 1. The Bertz CT molecular complexity index is 2400. The molecule has 0 bridgehead atoms. The number of β-lactam (4-membered cyclic amide) rings is 1. The van der Waals surface area contributed by atoms with Crippen molar-refractivity contribution in [2.45, 2.75) is 30.0 Å². The number of rotatable bonds is 12. The zero-order valence-electron chi connectivity index (χ0n) is 30.7. The number of nitrogen functional groups attached to an aromatic ring is 1. The van der Waals surface area contributed by atoms with Crippen molar-refractivity contribution in [1.29, 1.82) is 0 Å². The zero-order chi connectivity index (χ0) is 40.4. The molecule has 2 saturated heterocycles. The molecule has 2 fully saturated rings. The van der Waals surface area contributed by atoms with Crippen LogP contribution in [0.15, 0.2) is 149 Å². The smallest absolute Gasteiger partial charge is 0.352 e. The SMILES string of the molecule is Nc1nc(C(=NOC(c2ccccc2)(c2ccccc2)c2ccccc2)C(=O)N[C@@H]2C(=O)N3C(C(=O)O)=C(C=C4CCN(Cc5ccccc5F)C4=O)CS[C@H]23)cs1. The summed E-state index contributed by atoms with van der Waals surface area (Å²) in [6.07, 6.45) is 1.85. The van der Waals surface area contributed by atoms with Gasteiger partial charge >= 0.3 is 5.97 Å². The van der Waals surface area contributed by atoms with Gasteiger partial charge in [-0.1, -0.05) is 114 Å². The summed E-state index contributed by atoms with van der Waals surface area (Å²) in [4.78, 5) is 67.6. The normalized spacial score (nSPS) is 18.9. The molecule has 3 aliphatic heterocycles. The molecule has 1 aromatic heterocycles. The second-order valence-electron chi connectivity index (χ2n) is 13.7. The molecule has 2 atom stereocenters. The number of carboxylic acids is 1. The van der Waals surface area contributed by atoms with E-state index in [0.717, 1.165) is 32.9 Å². The van der Waals surface area contributed by atoms with Crippen molar-refractivity contribution in [2.24, 2.45) is 5.16 Å². The first-order chi connectivity index (χ1) is 28.2. The van der Waals surface area contributed by atoms with Crippen LogP contribution in [0.1, 0.15) is 34.4 Å². The van der Waals surface area contributed by atoms with Gasteiger partial charge in [-0.2, -0.15) is 0 Å². The second kappa shape index (κ2) is 16.1. The average molecular weight is 815 g/mol. The zero-order valence-corrected chi connectivity index (χ0v) is 32.3. The van der Waals surface area contributed by atoms with Crippen molar-refractivity contribution in [3.05, 3.63) is 177 Å². The molecule has 0 unspecified atom stereocenters. The van der Waals surface area contributed by atoms with Crippen LogP contribution in [0.4, 0.5) is 9.52 Å². The number of allylic oxidation sites excluding steroid dienone is 1. The number of amides is 3. The number of nitrogens with zero attached hydrogens (tertiary/aromatic N) is 4. The highest BCUT2D eigenvalue weighted by Gasteiger charge is 2.54. The standard InChI is InChI=1S/C43H35FN6O6S2/c44-32-19-11-10-12-27(32)23-49-21-20-26(38(49)52)22-28-24-57-40-35(39(53)50(40)36(28)41(54)55)47-37(51)34(33-25-58-42(45)46-33)48-56-43(29-13-4-1-5-14-29,30-15-6-2-7-16-30)31-17-8-3-9-18-31/h1-19,22,25,35,40H,20-21,23-24H2,(H2,45,46)(H,47,51)(H,54,55)/t35-,40-/m1/s1. The van der Waals surface area contributed by atoms with Gasteiger partial charge in [0, 0.05) is 52.0 Å². The molecule has 58 heavy (non-hydrogen) atoms. The van der Waals surface area contributed by atoms with Crippen molar-refractivity contribution < 1.29 is 33.5 Å². The number of fused-ring (bicyclic) bond motifs is 1. The summed E-state index contributed by atoms with van der Waals surface area (Å²) in [6.45, 7) is 0.411. The third-order valence-corrected chi connectivity index (χ3v) is 12.1. The van der Waals surface area contributed by atoms with Gasteiger partial charge in [0.1, 0.15) is 28.6 Å². The number of nitrogens with one attached hydrogen (secondary N) is 1. The Labute approximate surface area is 340 Å². The van der Waals surface area contributed by atoms with Crippen molar-refractivity contribution in [3.8, 4) is 0 Å². The van der Waals surface area contributed by atoms with Crippen molar-refractivity contribution >= 4 is 57.6 Å². The van der Waals surface area contributed by atoms with E-state index in [-0.39, 0.29) is 46.0 Å². The van der Waals surface area contributed by atoms with Gasteiger partial charge in [0.2, 0.25) is 11.5 Å². The van der Waals surface area contributed by atoms with Crippen LogP contribution < -0.4 is 11.1 Å². The Morgan fingerprint density at radius 3 is 2.12 bits per heavy atom. The maximum atomic E-state index is 14.3. The number of carbonyl (C=O) groups excluding carboxylic acids is 3. The van der Waals surface area contributed by atoms with Gasteiger partial charge in [-0.15, -0.1) is 23.1 Å². The topological polar surface area (TPSA) is 168 Å². The quantitative estimate of drug-likeness (QED) is 0.0473. The molecule has 3 amide bonds. The number of nitrogens with two attached hydrogens (primary N) is 1. The third-order valence-electron chi connectivity index (χ3n) is 10.2. The molecule has 5 aromatic rings. The number of anilines is 1. The minimum absolute atomic E-state index is 0.0755. The van der Waals surface area contributed by atoms with Crippen LogP contribution in [0.2, 0.25) is 0 Å². The molecule has 15 heteroatoms. The number of halogens is 1. The predicted molar refractivity (Wildman–Crippen MR) is 218 cm³/mol. The minimum Gasteiger partial charge on any atom is -0.477 e. The number of carbonyl (C=O) groups is 4. The fraction of sp³-hybridized carbons (Fsp3) is 0.163. The first-order valence-corrected chi connectivity index (χ1v) is 20.2. The van der Waals surface area contributed by atoms with Crippen molar-refractivity contribution in [3.63, 3.8) is 0 Å². The summed E-state index contributed by atoms with van der Waals surface area (Å²) in [5.41, 5.74) is 7.49. The Kier molecular flexibility index (Phi) is 10.6. The van der Waals surface area contributed by atoms with Gasteiger partial charge in [-0.05, 0) is 24.1 Å². The van der Waals surface area contributed by atoms with Gasteiger partial charge in [0.15, 0.2) is 10.8 Å². The van der Waals surface area contributed by atoms with Gasteiger partial charge in [0.25, 0.3) is 11.8 Å². The summed E-state index contributed by atoms with van der Waals surface area (Å²) in [6, 6.07) is 33.4. The molecule has 0 saturated carbocycles. The van der Waals surface area contributed by atoms with Crippen LogP contribution in [0.3, 0.4) is 0 Å². The van der Waals surface area contributed by atoms with E-state index in [1.165, 1.54) is 28.8 Å². The number of oxime groups is 1. The largest absolute Gasteiger partial charge is 0.477 e. The minimum atomic E-state index is -1.35. The van der Waals surface area contributed by atoms with Crippen LogP contribution in [0.25, 0.3) is 0 Å². The fourth-order valence-corrected chi connectivity index (χ4v) is 9.20. The molecule has 4 heterocycles. The van der Waals surface area contributed by atoms with Crippen LogP contribution in [-0.2, 0) is 36.2 Å². The van der Waals surface area contributed by atoms with Crippen molar-refractivity contribution in [2.75, 3.05) is 18.0 Å². The number of thiazole rings is 1. The van der Waals surface area contributed by atoms with Gasteiger partial charge in [-0.3, -0.25) is 19.3 Å². The van der Waals surface area contributed by atoms with E-state index in [4.69, 9.17) is 10.6 Å². The Balaban J connectivity index is 1.08. The van der Waals surface area contributed by atoms with E-state index >= 15 is 0 Å². The summed E-state index contributed by atoms with van der Waals surface area (Å²) in [7, 11) is 0. The molecule has 12 nitrogen and oxygen atoms in total. The summed E-state index contributed by atoms with van der Waals surface area (Å²) in [5, 5.41) is 18.6. The molecular weight excluding hydrogens is 780 g/mol. The highest BCUT2D eigenvalue weighted by atomic mass is 32.2. The Hall–Kier alpha value is -6.58. The number of likely N-dealkylation sites (tertiary alicyclic amines) is 1. The van der Waals surface area contributed by atoms with Crippen LogP contribution in [0.5, 0.6) is 0 Å². The van der Waals surface area contributed by atoms with Crippen LogP contribution >= 0.6 is 23.1 Å². The lowest BCUT2D eigenvalue weighted by Crippen LogP contribution is -2.71. The molecule has 4 aromatic carbocycles. The van der Waals surface area contributed by atoms with Gasteiger partial charge in [-0.25, -0.2) is 14.2 Å². The van der Waals surface area contributed by atoms with E-state index in [1.54, 1.807) is 23.6 Å². The van der Waals surface area contributed by atoms with E-state index < -0.39 is 40.6 Å². The number of hydrogen-bond acceptors (Lipinski definition) is 10. The van der Waals surface area contributed by atoms with Gasteiger partial charge < -0.3 is 25.9 Å². The van der Waals surface area contributed by atoms with E-state index in [9.17, 15) is 28.7 Å². The molecule has 8 rings (SSSR count). The first kappa shape index (κ1) is 38.3. The van der Waals surface area contributed by atoms with Crippen molar-refractivity contribution in [1.82, 2.24) is 20.1 Å². The molecule has 292 valence electrons. The highest BCUT2D eigenvalue weighted by Crippen LogP contribution is 2.43. The van der Waals surface area contributed by atoms with Crippen LogP contribution in [0, 0.1) is 5.82 Å². The monoisotopic (exact) mass is 814 g/mol. The summed E-state index contributed by atoms with van der Waals surface area (Å²) >= 11 is 2.35. The number of carboxylic acid groups (broad SMARTS) is 1. The number of benzene rings is 4. The fourth-order valence-electron chi connectivity index (χ4n) is 7.35. The lowest BCUT2D eigenvalue weighted by Gasteiger charge is -2.49. The molecule has 3 aliphatic rings. The molecule has 0 aliphatic carbocycles. The molecule has 0 spiro atoms. The third kappa shape index (κ3) is 7.14. The van der Waals surface area contributed by atoms with E-state index in [1.807, 2.05) is 91.0 Å². The van der Waals surface area contributed by atoms with Gasteiger partial charge in [0.05, 0.1) is 0 Å².